The maximum atomic E-state index is 5.55. The molecule has 0 unspecified atom stereocenters. The summed E-state index contributed by atoms with van der Waals surface area (Å²) in [7, 11) is 1.63. The number of nitrogens with two attached hydrogens (primary N) is 1. The molecular weight excluding hydrogens is 240 g/mol. The molecule has 0 saturated carbocycles. The highest BCUT2D eigenvalue weighted by molar-refractivity contribution is 7.80. The van der Waals surface area contributed by atoms with Crippen LogP contribution in [-0.4, -0.2) is 43.5 Å². The minimum Gasteiger partial charge on any atom is -0.475 e. The molecule has 1 rings (SSSR count). The number of hydrogen-bond donors (Lipinski definition) is 1. The third-order valence-corrected chi connectivity index (χ3v) is 2.15. The minimum atomic E-state index is 0.272. The largest absolute Gasteiger partial charge is 0.475 e. The Kier molecular flexibility index (Phi) is 6.46. The van der Waals surface area contributed by atoms with Gasteiger partial charge in [-0.3, -0.25) is 0 Å². The van der Waals surface area contributed by atoms with Crippen molar-refractivity contribution in [3.8, 4) is 5.88 Å². The van der Waals surface area contributed by atoms with Crippen molar-refractivity contribution in [1.29, 1.82) is 0 Å². The van der Waals surface area contributed by atoms with Gasteiger partial charge >= 0.3 is 0 Å². The second kappa shape index (κ2) is 7.94. The zero-order valence-corrected chi connectivity index (χ0v) is 10.5. The molecule has 2 N–H and O–H groups in total. The normalized spacial score (nSPS) is 10.2. The summed E-state index contributed by atoms with van der Waals surface area (Å²) in [5.74, 6) is 0.440. The van der Waals surface area contributed by atoms with Crippen LogP contribution in [0.1, 0.15) is 5.56 Å². The van der Waals surface area contributed by atoms with Crippen molar-refractivity contribution < 1.29 is 14.2 Å². The van der Waals surface area contributed by atoms with Crippen LogP contribution in [0.25, 0.3) is 0 Å². The maximum absolute atomic E-state index is 5.55. The van der Waals surface area contributed by atoms with Crippen molar-refractivity contribution in [1.82, 2.24) is 4.98 Å². The molecule has 0 aliphatic rings. The first kappa shape index (κ1) is 13.8. The molecule has 17 heavy (non-hydrogen) atoms. The molecule has 0 aromatic carbocycles. The summed E-state index contributed by atoms with van der Waals surface area (Å²) in [5, 5.41) is 0. The van der Waals surface area contributed by atoms with E-state index in [0.29, 0.717) is 37.9 Å². The quantitative estimate of drug-likeness (QED) is 0.547. The zero-order valence-electron chi connectivity index (χ0n) is 9.72. The molecular formula is C11H16N2O3S. The van der Waals surface area contributed by atoms with Crippen molar-refractivity contribution in [2.75, 3.05) is 33.5 Å². The average molecular weight is 256 g/mol. The van der Waals surface area contributed by atoms with Crippen LogP contribution in [0.2, 0.25) is 0 Å². The number of pyridine rings is 1. The summed E-state index contributed by atoms with van der Waals surface area (Å²) < 4.78 is 15.5. The molecule has 94 valence electrons. The number of rotatable bonds is 8. The van der Waals surface area contributed by atoms with Gasteiger partial charge in [0.15, 0.2) is 0 Å². The average Bonchev–Trinajstić information content (AvgIpc) is 2.34. The Hall–Kier alpha value is -1.24. The smallest absolute Gasteiger partial charge is 0.223 e. The van der Waals surface area contributed by atoms with E-state index in [2.05, 4.69) is 4.98 Å². The van der Waals surface area contributed by atoms with E-state index >= 15 is 0 Å². The van der Waals surface area contributed by atoms with Crippen LogP contribution in [-0.2, 0) is 9.47 Å². The lowest BCUT2D eigenvalue weighted by Crippen LogP contribution is -2.15. The Bertz CT molecular complexity index is 360. The molecule has 5 nitrogen and oxygen atoms in total. The van der Waals surface area contributed by atoms with E-state index in [0.717, 1.165) is 0 Å². The van der Waals surface area contributed by atoms with Crippen molar-refractivity contribution in [3.05, 3.63) is 23.9 Å². The summed E-state index contributed by atoms with van der Waals surface area (Å²) in [6, 6.07) is 3.53. The molecule has 0 saturated heterocycles. The molecule has 6 heteroatoms. The number of aromatic nitrogens is 1. The predicted octanol–water partition coefficient (Wildman–Crippen LogP) is 0.758. The summed E-state index contributed by atoms with van der Waals surface area (Å²) in [4.78, 5) is 4.34. The van der Waals surface area contributed by atoms with E-state index in [1.165, 1.54) is 0 Å². The summed E-state index contributed by atoms with van der Waals surface area (Å²) >= 11 is 4.90. The second-order valence-electron chi connectivity index (χ2n) is 3.17. The number of nitrogens with zero attached hydrogens (tertiary/aromatic N) is 1. The maximum Gasteiger partial charge on any atom is 0.223 e. The molecule has 1 aromatic heterocycles. The Morgan fingerprint density at radius 1 is 1.35 bits per heavy atom. The highest BCUT2D eigenvalue weighted by atomic mass is 32.1. The molecule has 1 aromatic rings. The Balaban J connectivity index is 2.34. The standard InChI is InChI=1S/C11H16N2O3S/c1-14-5-6-15-7-8-16-11-9(10(12)17)3-2-4-13-11/h2-4H,5-8H2,1H3,(H2,12,17). The van der Waals surface area contributed by atoms with Gasteiger partial charge in [0.05, 0.1) is 25.4 Å². The predicted molar refractivity (Wildman–Crippen MR) is 68.3 cm³/mol. The van der Waals surface area contributed by atoms with Gasteiger partial charge in [0.1, 0.15) is 11.6 Å². The lowest BCUT2D eigenvalue weighted by atomic mass is 10.3. The Morgan fingerprint density at radius 3 is 2.82 bits per heavy atom. The lowest BCUT2D eigenvalue weighted by Gasteiger charge is -2.09. The van der Waals surface area contributed by atoms with Crippen molar-refractivity contribution in [2.45, 2.75) is 0 Å². The third kappa shape index (κ3) is 5.08. The highest BCUT2D eigenvalue weighted by Gasteiger charge is 2.06. The van der Waals surface area contributed by atoms with Crippen molar-refractivity contribution in [3.63, 3.8) is 0 Å². The summed E-state index contributed by atoms with van der Waals surface area (Å²) in [6.07, 6.45) is 1.63. The fourth-order valence-electron chi connectivity index (χ4n) is 1.13. The van der Waals surface area contributed by atoms with E-state index in [4.69, 9.17) is 32.2 Å². The molecule has 0 aliphatic carbocycles. The molecule has 0 radical (unpaired) electrons. The van der Waals surface area contributed by atoms with Crippen LogP contribution in [0.5, 0.6) is 5.88 Å². The van der Waals surface area contributed by atoms with Gasteiger partial charge in [0, 0.05) is 13.3 Å². The van der Waals surface area contributed by atoms with E-state index in [9.17, 15) is 0 Å². The summed E-state index contributed by atoms with van der Waals surface area (Å²) in [5.41, 5.74) is 6.19. The monoisotopic (exact) mass is 256 g/mol. The van der Waals surface area contributed by atoms with Crippen LogP contribution in [0.3, 0.4) is 0 Å². The number of thiocarbonyl (C=S) groups is 1. The topological polar surface area (TPSA) is 66.6 Å². The highest BCUT2D eigenvalue weighted by Crippen LogP contribution is 2.13. The van der Waals surface area contributed by atoms with E-state index in [1.54, 1.807) is 25.4 Å². The fraction of sp³-hybridized carbons (Fsp3) is 0.455. The van der Waals surface area contributed by atoms with Crippen LogP contribution in [0.4, 0.5) is 0 Å². The van der Waals surface area contributed by atoms with Crippen LogP contribution < -0.4 is 10.5 Å². The van der Waals surface area contributed by atoms with Gasteiger partial charge in [-0.05, 0) is 12.1 Å². The Labute approximate surface area is 106 Å². The molecule has 0 aliphatic heterocycles. The van der Waals surface area contributed by atoms with Gasteiger partial charge in [-0.2, -0.15) is 0 Å². The fourth-order valence-corrected chi connectivity index (χ4v) is 1.29. The molecule has 0 bridgehead atoms. The van der Waals surface area contributed by atoms with Gasteiger partial charge in [-0.15, -0.1) is 0 Å². The molecule has 1 heterocycles. The SMILES string of the molecule is COCCOCCOc1ncccc1C(N)=S. The van der Waals surface area contributed by atoms with E-state index in [-0.39, 0.29) is 4.99 Å². The molecule has 0 atom stereocenters. The number of hydrogen-bond acceptors (Lipinski definition) is 5. The van der Waals surface area contributed by atoms with Crippen LogP contribution in [0.15, 0.2) is 18.3 Å². The van der Waals surface area contributed by atoms with Crippen LogP contribution >= 0.6 is 12.2 Å². The lowest BCUT2D eigenvalue weighted by molar-refractivity contribution is 0.0536. The van der Waals surface area contributed by atoms with Gasteiger partial charge < -0.3 is 19.9 Å². The van der Waals surface area contributed by atoms with Crippen LogP contribution in [0, 0.1) is 0 Å². The first-order valence-corrected chi connectivity index (χ1v) is 5.61. The van der Waals surface area contributed by atoms with Gasteiger partial charge in [-0.1, -0.05) is 12.2 Å². The van der Waals surface area contributed by atoms with E-state index in [1.807, 2.05) is 0 Å². The third-order valence-electron chi connectivity index (χ3n) is 1.93. The first-order valence-electron chi connectivity index (χ1n) is 5.20. The van der Waals surface area contributed by atoms with Crippen molar-refractivity contribution in [2.24, 2.45) is 5.73 Å². The second-order valence-corrected chi connectivity index (χ2v) is 3.61. The van der Waals surface area contributed by atoms with Gasteiger partial charge in [0.2, 0.25) is 5.88 Å². The minimum absolute atomic E-state index is 0.272. The molecule has 0 fully saturated rings. The number of ether oxygens (including phenoxy) is 3. The molecule has 0 amide bonds. The van der Waals surface area contributed by atoms with Gasteiger partial charge in [0.25, 0.3) is 0 Å². The van der Waals surface area contributed by atoms with Crippen molar-refractivity contribution >= 4 is 17.2 Å². The number of methoxy groups -OCH3 is 1. The Morgan fingerprint density at radius 2 is 2.12 bits per heavy atom. The molecule has 0 spiro atoms. The zero-order chi connectivity index (χ0) is 12.5. The summed E-state index contributed by atoms with van der Waals surface area (Å²) in [6.45, 7) is 1.99. The van der Waals surface area contributed by atoms with Gasteiger partial charge in [-0.25, -0.2) is 4.98 Å². The van der Waals surface area contributed by atoms with E-state index < -0.39 is 0 Å². The first-order chi connectivity index (χ1) is 8.25.